The Morgan fingerprint density at radius 2 is 2.06 bits per heavy atom. The summed E-state index contributed by atoms with van der Waals surface area (Å²) in [5.74, 6) is 0. The molecule has 0 spiro atoms. The number of allylic oxidation sites excluding steroid dienone is 1. The number of nitrogens with zero attached hydrogens (tertiary/aromatic N) is 2. The number of unbranched alkanes of at least 4 members (excludes halogenated alkanes) is 1. The van der Waals surface area contributed by atoms with Gasteiger partial charge in [-0.05, 0) is 38.5 Å². The number of hydrogen-bond donors (Lipinski definition) is 1. The molecule has 0 bridgehead atoms. The standard InChI is InChI=1S/C15H23N3/c1-4-5-11-16-18-14(3)12-13(2)17-15-9-7-6-8-10-15/h6-10,12,14,17H,4-5,11H2,1-3H3/b13-12-,18-16?. The summed E-state index contributed by atoms with van der Waals surface area (Å²) in [7, 11) is 0. The van der Waals surface area contributed by atoms with Crippen LogP contribution in [0.25, 0.3) is 0 Å². The van der Waals surface area contributed by atoms with Gasteiger partial charge in [0.1, 0.15) is 0 Å². The van der Waals surface area contributed by atoms with Crippen molar-refractivity contribution >= 4 is 5.69 Å². The highest BCUT2D eigenvalue weighted by molar-refractivity contribution is 5.47. The highest BCUT2D eigenvalue weighted by Gasteiger charge is 1.96. The van der Waals surface area contributed by atoms with Gasteiger partial charge in [0.2, 0.25) is 0 Å². The highest BCUT2D eigenvalue weighted by Crippen LogP contribution is 2.09. The van der Waals surface area contributed by atoms with E-state index in [-0.39, 0.29) is 6.04 Å². The molecule has 0 aliphatic rings. The molecule has 1 rings (SSSR count). The van der Waals surface area contributed by atoms with Gasteiger partial charge in [-0.15, -0.1) is 0 Å². The van der Waals surface area contributed by atoms with Crippen molar-refractivity contribution < 1.29 is 0 Å². The van der Waals surface area contributed by atoms with Crippen LogP contribution >= 0.6 is 0 Å². The number of benzene rings is 1. The SMILES string of the molecule is CCCCN=NC(C)/C=C(/C)Nc1ccccc1. The molecule has 0 amide bonds. The van der Waals surface area contributed by atoms with E-state index in [1.54, 1.807) is 0 Å². The molecule has 3 heteroatoms. The minimum atomic E-state index is 0.123. The first kappa shape index (κ1) is 14.4. The van der Waals surface area contributed by atoms with Crippen molar-refractivity contribution in [2.45, 2.75) is 39.7 Å². The lowest BCUT2D eigenvalue weighted by Crippen LogP contribution is -2.00. The van der Waals surface area contributed by atoms with Crippen molar-refractivity contribution in [3.63, 3.8) is 0 Å². The van der Waals surface area contributed by atoms with Gasteiger partial charge in [0.25, 0.3) is 0 Å². The lowest BCUT2D eigenvalue weighted by Gasteiger charge is -2.07. The fourth-order valence-electron chi connectivity index (χ4n) is 1.60. The van der Waals surface area contributed by atoms with Gasteiger partial charge in [0.05, 0.1) is 12.6 Å². The van der Waals surface area contributed by atoms with E-state index >= 15 is 0 Å². The molecule has 0 aromatic heterocycles. The Labute approximate surface area is 110 Å². The Morgan fingerprint density at radius 1 is 1.33 bits per heavy atom. The molecule has 0 aliphatic carbocycles. The van der Waals surface area contributed by atoms with Gasteiger partial charge in [-0.1, -0.05) is 31.5 Å². The Bertz CT molecular complexity index is 382. The smallest absolute Gasteiger partial charge is 0.0880 e. The van der Waals surface area contributed by atoms with Crippen LogP contribution < -0.4 is 5.32 Å². The minimum absolute atomic E-state index is 0.123. The number of rotatable bonds is 7. The molecule has 1 aromatic rings. The minimum Gasteiger partial charge on any atom is -0.359 e. The van der Waals surface area contributed by atoms with E-state index in [9.17, 15) is 0 Å². The predicted molar refractivity (Wildman–Crippen MR) is 77.9 cm³/mol. The zero-order valence-corrected chi connectivity index (χ0v) is 11.6. The monoisotopic (exact) mass is 245 g/mol. The molecule has 1 aromatic carbocycles. The second-order valence-corrected chi connectivity index (χ2v) is 4.42. The average molecular weight is 245 g/mol. The van der Waals surface area contributed by atoms with Crippen molar-refractivity contribution in [3.8, 4) is 0 Å². The van der Waals surface area contributed by atoms with Gasteiger partial charge in [0, 0.05) is 11.4 Å². The lowest BCUT2D eigenvalue weighted by molar-refractivity contribution is 0.728. The number of hydrogen-bond acceptors (Lipinski definition) is 3. The molecule has 98 valence electrons. The summed E-state index contributed by atoms with van der Waals surface area (Å²) in [4.78, 5) is 0. The molecular formula is C15H23N3. The van der Waals surface area contributed by atoms with Crippen molar-refractivity contribution in [2.75, 3.05) is 11.9 Å². The Kier molecular flexibility index (Phi) is 6.77. The van der Waals surface area contributed by atoms with Crippen LogP contribution in [0.4, 0.5) is 5.69 Å². The first-order valence-electron chi connectivity index (χ1n) is 6.59. The summed E-state index contributed by atoms with van der Waals surface area (Å²) in [6.45, 7) is 7.09. The Morgan fingerprint density at radius 3 is 2.72 bits per heavy atom. The first-order chi connectivity index (χ1) is 8.72. The third-order valence-electron chi connectivity index (χ3n) is 2.48. The number of para-hydroxylation sites is 1. The van der Waals surface area contributed by atoms with Gasteiger partial charge >= 0.3 is 0 Å². The average Bonchev–Trinajstić information content (AvgIpc) is 2.35. The summed E-state index contributed by atoms with van der Waals surface area (Å²) in [6, 6.07) is 10.3. The van der Waals surface area contributed by atoms with Crippen molar-refractivity contribution in [2.24, 2.45) is 10.2 Å². The summed E-state index contributed by atoms with van der Waals surface area (Å²) in [6.07, 6.45) is 4.36. The van der Waals surface area contributed by atoms with Gasteiger partial charge < -0.3 is 5.32 Å². The number of anilines is 1. The predicted octanol–water partition coefficient (Wildman–Crippen LogP) is 4.64. The van der Waals surface area contributed by atoms with E-state index < -0.39 is 0 Å². The van der Waals surface area contributed by atoms with Crippen LogP contribution in [0.5, 0.6) is 0 Å². The van der Waals surface area contributed by atoms with Gasteiger partial charge in [-0.3, -0.25) is 0 Å². The van der Waals surface area contributed by atoms with Crippen LogP contribution in [0.2, 0.25) is 0 Å². The Hall–Kier alpha value is -1.64. The highest BCUT2D eigenvalue weighted by atomic mass is 15.1. The molecule has 0 heterocycles. The molecule has 3 nitrogen and oxygen atoms in total. The molecular weight excluding hydrogens is 222 g/mol. The van der Waals surface area contributed by atoms with E-state index in [0.29, 0.717) is 0 Å². The molecule has 1 unspecified atom stereocenters. The van der Waals surface area contributed by atoms with E-state index in [1.165, 1.54) is 0 Å². The largest absolute Gasteiger partial charge is 0.359 e. The van der Waals surface area contributed by atoms with E-state index in [2.05, 4.69) is 28.5 Å². The lowest BCUT2D eigenvalue weighted by atomic mass is 10.2. The van der Waals surface area contributed by atoms with E-state index in [0.717, 1.165) is 30.8 Å². The number of azo groups is 1. The van der Waals surface area contributed by atoms with Crippen LogP contribution in [0.3, 0.4) is 0 Å². The third-order valence-corrected chi connectivity index (χ3v) is 2.48. The molecule has 0 fully saturated rings. The molecule has 0 saturated heterocycles. The quantitative estimate of drug-likeness (QED) is 0.551. The summed E-state index contributed by atoms with van der Waals surface area (Å²) in [5.41, 5.74) is 2.20. The van der Waals surface area contributed by atoms with E-state index in [4.69, 9.17) is 0 Å². The summed E-state index contributed by atoms with van der Waals surface area (Å²) in [5, 5.41) is 11.8. The molecule has 0 radical (unpaired) electrons. The summed E-state index contributed by atoms with van der Waals surface area (Å²) >= 11 is 0. The topological polar surface area (TPSA) is 36.8 Å². The molecule has 1 atom stereocenters. The van der Waals surface area contributed by atoms with Gasteiger partial charge in [-0.2, -0.15) is 10.2 Å². The summed E-state index contributed by atoms with van der Waals surface area (Å²) < 4.78 is 0. The zero-order valence-electron chi connectivity index (χ0n) is 11.6. The normalized spacial score (nSPS) is 13.8. The van der Waals surface area contributed by atoms with Crippen LogP contribution in [-0.4, -0.2) is 12.6 Å². The molecule has 0 aliphatic heterocycles. The fourth-order valence-corrected chi connectivity index (χ4v) is 1.60. The first-order valence-corrected chi connectivity index (χ1v) is 6.59. The van der Waals surface area contributed by atoms with Gasteiger partial charge in [-0.25, -0.2) is 0 Å². The Balaban J connectivity index is 2.42. The number of nitrogens with one attached hydrogen (secondary N) is 1. The van der Waals surface area contributed by atoms with Crippen LogP contribution in [0.15, 0.2) is 52.3 Å². The van der Waals surface area contributed by atoms with Crippen molar-refractivity contribution in [3.05, 3.63) is 42.1 Å². The van der Waals surface area contributed by atoms with E-state index in [1.807, 2.05) is 44.2 Å². The van der Waals surface area contributed by atoms with Crippen molar-refractivity contribution in [1.82, 2.24) is 0 Å². The molecule has 1 N–H and O–H groups in total. The fraction of sp³-hybridized carbons (Fsp3) is 0.467. The zero-order chi connectivity index (χ0) is 13.2. The van der Waals surface area contributed by atoms with Crippen molar-refractivity contribution in [1.29, 1.82) is 0 Å². The van der Waals surface area contributed by atoms with Gasteiger partial charge in [0.15, 0.2) is 0 Å². The second kappa shape index (κ2) is 8.45. The second-order valence-electron chi connectivity index (χ2n) is 4.42. The molecule has 18 heavy (non-hydrogen) atoms. The third kappa shape index (κ3) is 6.18. The maximum atomic E-state index is 4.25. The molecule has 0 saturated carbocycles. The maximum absolute atomic E-state index is 4.25. The van der Waals surface area contributed by atoms with Crippen LogP contribution in [0, 0.1) is 0 Å². The maximum Gasteiger partial charge on any atom is 0.0880 e. The van der Waals surface area contributed by atoms with Crippen LogP contribution in [-0.2, 0) is 0 Å². The van der Waals surface area contributed by atoms with Crippen LogP contribution in [0.1, 0.15) is 33.6 Å².